The molecule has 1 aromatic heterocycles. The number of rotatable bonds is 5. The monoisotopic (exact) mass is 453 g/mol. The number of fused-ring (bicyclic) bond motifs is 1. The molecule has 0 atom stereocenters. The molecule has 164 valence electrons. The molecule has 0 bridgehead atoms. The highest BCUT2D eigenvalue weighted by Crippen LogP contribution is 2.43. The molecular weight excluding hydrogens is 432 g/mol. The molecule has 0 unspecified atom stereocenters. The zero-order valence-corrected chi connectivity index (χ0v) is 18.5. The number of aromatic nitrogens is 2. The Balaban J connectivity index is 1.74. The lowest BCUT2D eigenvalue weighted by molar-refractivity contribution is 0.181. The Kier molecular flexibility index (Phi) is 6.24. The highest BCUT2D eigenvalue weighted by molar-refractivity contribution is 6.67. The lowest BCUT2D eigenvalue weighted by atomic mass is 9.42. The molecule has 0 spiro atoms. The second kappa shape index (κ2) is 9.09. The molecule has 1 fully saturated rings. The molecule has 10 heteroatoms. The van der Waals surface area contributed by atoms with Gasteiger partial charge in [-0.2, -0.15) is 0 Å². The van der Waals surface area contributed by atoms with E-state index < -0.39 is 5.82 Å². The van der Waals surface area contributed by atoms with Crippen LogP contribution in [-0.2, 0) is 0 Å². The number of hydrogen-bond donors (Lipinski definition) is 2. The quantitative estimate of drug-likeness (QED) is 0.406. The molecule has 1 aliphatic heterocycles. The topological polar surface area (TPSA) is 106 Å². The number of halogens is 2. The minimum atomic E-state index is -0.573. The van der Waals surface area contributed by atoms with Crippen LogP contribution in [0.5, 0.6) is 11.5 Å². The molecule has 2 heterocycles. The zero-order valence-electron chi connectivity index (χ0n) is 17.8. The summed E-state index contributed by atoms with van der Waals surface area (Å²) in [5.41, 5.74) is 8.14. The normalized spacial score (nSPS) is 14.3. The number of hydrogen-bond acceptors (Lipinski definition) is 7. The number of ether oxygens (including phenoxy) is 2. The Morgan fingerprint density at radius 2 is 2.06 bits per heavy atom. The molecule has 7 nitrogen and oxygen atoms in total. The van der Waals surface area contributed by atoms with Gasteiger partial charge in [0.1, 0.15) is 12.1 Å². The van der Waals surface area contributed by atoms with E-state index in [1.54, 1.807) is 25.1 Å². The number of nitrogens with one attached hydrogen (secondary N) is 1. The molecule has 0 radical (unpaired) electrons. The van der Waals surface area contributed by atoms with Gasteiger partial charge in [0.25, 0.3) is 6.71 Å². The summed E-state index contributed by atoms with van der Waals surface area (Å²) in [5, 5.41) is 12.6. The first kappa shape index (κ1) is 22.0. The van der Waals surface area contributed by atoms with Gasteiger partial charge in [-0.15, -0.1) is 0 Å². The Hall–Kier alpha value is -3.25. The van der Waals surface area contributed by atoms with Crippen LogP contribution in [0.25, 0.3) is 10.9 Å². The van der Waals surface area contributed by atoms with Gasteiger partial charge in [-0.25, -0.2) is 19.6 Å². The van der Waals surface area contributed by atoms with Crippen LogP contribution < -0.4 is 20.5 Å². The maximum atomic E-state index is 14.7. The fraction of sp³-hybridized carbons (Fsp3) is 0.318. The number of nitriles is 1. The average molecular weight is 454 g/mol. The standard InChI is InChI=1S/C22H22BClFN5O2/c1-12-3-4-14(19(25)18(12)24)30-22-17-15(28-11-29-22)9-16(31-2)21(20(17)27)32-13-5-7-23(10-26)8-6-13/h3-4,9,11,13H,5-8,27H2,1-2H3,(H,28,29,30). The third kappa shape index (κ3) is 4.10. The Morgan fingerprint density at radius 3 is 2.75 bits per heavy atom. The van der Waals surface area contributed by atoms with E-state index in [0.29, 0.717) is 39.5 Å². The van der Waals surface area contributed by atoms with Crippen LogP contribution in [0.3, 0.4) is 0 Å². The number of anilines is 3. The highest BCUT2D eigenvalue weighted by atomic mass is 35.5. The van der Waals surface area contributed by atoms with Crippen LogP contribution in [0.4, 0.5) is 21.6 Å². The summed E-state index contributed by atoms with van der Waals surface area (Å²) in [6.45, 7) is 1.79. The number of methoxy groups -OCH3 is 1. The summed E-state index contributed by atoms with van der Waals surface area (Å²) in [6.07, 6.45) is 4.34. The van der Waals surface area contributed by atoms with Crippen LogP contribution in [0.2, 0.25) is 17.7 Å². The Bertz CT molecular complexity index is 1210. The summed E-state index contributed by atoms with van der Waals surface area (Å²) in [4.78, 5) is 8.57. The molecule has 1 aliphatic rings. The fourth-order valence-electron chi connectivity index (χ4n) is 3.92. The molecule has 3 aromatic rings. The van der Waals surface area contributed by atoms with Crippen LogP contribution in [-0.4, -0.2) is 29.9 Å². The van der Waals surface area contributed by atoms with Crippen molar-refractivity contribution in [2.45, 2.75) is 38.5 Å². The van der Waals surface area contributed by atoms with Crippen LogP contribution >= 0.6 is 11.6 Å². The lowest BCUT2D eigenvalue weighted by Crippen LogP contribution is -2.27. The van der Waals surface area contributed by atoms with E-state index in [2.05, 4.69) is 21.3 Å². The molecule has 0 aliphatic carbocycles. The maximum Gasteiger partial charge on any atom is 0.268 e. The number of nitrogen functional groups attached to an aromatic ring is 1. The smallest absolute Gasteiger partial charge is 0.268 e. The highest BCUT2D eigenvalue weighted by Gasteiger charge is 2.28. The van der Waals surface area contributed by atoms with E-state index >= 15 is 0 Å². The van der Waals surface area contributed by atoms with Crippen molar-refractivity contribution in [2.75, 3.05) is 18.2 Å². The van der Waals surface area contributed by atoms with Crippen molar-refractivity contribution in [2.24, 2.45) is 0 Å². The molecular formula is C22H22BClFN5O2. The summed E-state index contributed by atoms with van der Waals surface area (Å²) in [5.74, 6) is 2.91. The number of nitrogens with two attached hydrogens (primary N) is 1. The van der Waals surface area contributed by atoms with E-state index in [4.69, 9.17) is 32.1 Å². The molecule has 0 saturated carbocycles. The molecule has 4 rings (SSSR count). The average Bonchev–Trinajstić information content (AvgIpc) is 2.81. The maximum absolute atomic E-state index is 14.7. The van der Waals surface area contributed by atoms with Gasteiger partial charge >= 0.3 is 0 Å². The Morgan fingerprint density at radius 1 is 1.31 bits per heavy atom. The molecule has 1 saturated heterocycles. The number of benzene rings is 2. The first-order chi connectivity index (χ1) is 15.4. The molecule has 2 aromatic carbocycles. The molecule has 0 amide bonds. The zero-order chi connectivity index (χ0) is 22.8. The number of nitrogens with zero attached hydrogens (tertiary/aromatic N) is 3. The molecule has 3 N–H and O–H groups in total. The SMILES string of the molecule is COc1cc2ncnc(Nc3ccc(C)c(Cl)c3F)c2c(N)c1OC1CCB(C#N)CC1. The third-order valence-corrected chi connectivity index (χ3v) is 6.24. The van der Waals surface area contributed by atoms with Crippen molar-refractivity contribution in [1.82, 2.24) is 9.97 Å². The molecule has 32 heavy (non-hydrogen) atoms. The van der Waals surface area contributed by atoms with E-state index in [1.165, 1.54) is 13.4 Å². The second-order valence-electron chi connectivity index (χ2n) is 7.84. The summed E-state index contributed by atoms with van der Waals surface area (Å²) in [7, 11) is 1.53. The van der Waals surface area contributed by atoms with E-state index in [0.717, 1.165) is 25.5 Å². The van der Waals surface area contributed by atoms with Gasteiger partial charge in [-0.1, -0.05) is 30.3 Å². The van der Waals surface area contributed by atoms with Crippen LogP contribution in [0.15, 0.2) is 24.5 Å². The largest absolute Gasteiger partial charge is 0.493 e. The first-order valence-corrected chi connectivity index (χ1v) is 10.7. The fourth-order valence-corrected chi connectivity index (χ4v) is 4.09. The van der Waals surface area contributed by atoms with E-state index in [9.17, 15) is 4.39 Å². The summed E-state index contributed by atoms with van der Waals surface area (Å²) in [6, 6.07) is 5.03. The van der Waals surface area contributed by atoms with Crippen molar-refractivity contribution in [1.29, 1.82) is 5.26 Å². The van der Waals surface area contributed by atoms with Gasteiger partial charge in [0, 0.05) is 12.0 Å². The minimum absolute atomic E-state index is 0.0417. The van der Waals surface area contributed by atoms with Gasteiger partial charge in [0.2, 0.25) is 0 Å². The first-order valence-electron chi connectivity index (χ1n) is 10.3. The predicted octanol–water partition coefficient (Wildman–Crippen LogP) is 5.16. The van der Waals surface area contributed by atoms with Crippen molar-refractivity contribution in [3.63, 3.8) is 0 Å². The van der Waals surface area contributed by atoms with Crippen LogP contribution in [0.1, 0.15) is 18.4 Å². The van der Waals surface area contributed by atoms with Gasteiger partial charge in [-0.05, 0) is 31.4 Å². The predicted molar refractivity (Wildman–Crippen MR) is 125 cm³/mol. The van der Waals surface area contributed by atoms with Crippen molar-refractivity contribution >= 4 is 46.4 Å². The van der Waals surface area contributed by atoms with Crippen LogP contribution in [0, 0.1) is 24.0 Å². The van der Waals surface area contributed by atoms with Gasteiger partial charge in [0.05, 0.1) is 40.5 Å². The minimum Gasteiger partial charge on any atom is -0.493 e. The van der Waals surface area contributed by atoms with Gasteiger partial charge in [-0.3, -0.25) is 0 Å². The summed E-state index contributed by atoms with van der Waals surface area (Å²) >= 11 is 6.06. The van der Waals surface area contributed by atoms with Crippen molar-refractivity contribution < 1.29 is 13.9 Å². The van der Waals surface area contributed by atoms with E-state index in [-0.39, 0.29) is 23.5 Å². The van der Waals surface area contributed by atoms with Crippen molar-refractivity contribution in [3.05, 3.63) is 40.9 Å². The van der Waals surface area contributed by atoms with Crippen molar-refractivity contribution in [3.8, 4) is 17.5 Å². The lowest BCUT2D eigenvalue weighted by Gasteiger charge is -2.26. The Labute approximate surface area is 190 Å². The van der Waals surface area contributed by atoms with Gasteiger partial charge in [0.15, 0.2) is 17.3 Å². The van der Waals surface area contributed by atoms with Gasteiger partial charge < -0.3 is 20.5 Å². The summed E-state index contributed by atoms with van der Waals surface area (Å²) < 4.78 is 26.4. The second-order valence-corrected chi connectivity index (χ2v) is 8.22. The number of aryl methyl sites for hydroxylation is 1. The third-order valence-electron chi connectivity index (χ3n) is 5.77. The van der Waals surface area contributed by atoms with E-state index in [1.807, 2.05) is 0 Å².